The van der Waals surface area contributed by atoms with Crippen LogP contribution in [0.25, 0.3) is 11.1 Å². The number of amides is 1. The molecular weight excluding hydrogens is 330 g/mol. The number of ether oxygens (including phenoxy) is 2. The normalized spacial score (nSPS) is 22.8. The summed E-state index contributed by atoms with van der Waals surface area (Å²) in [5.41, 5.74) is 4.51. The lowest BCUT2D eigenvalue weighted by Gasteiger charge is -2.46. The van der Waals surface area contributed by atoms with Crippen LogP contribution in [0.15, 0.2) is 48.5 Å². The van der Waals surface area contributed by atoms with Crippen molar-refractivity contribution >= 4 is 6.09 Å². The molecule has 2 saturated heterocycles. The number of rotatable bonds is 2. The second-order valence-electron chi connectivity index (χ2n) is 7.51. The van der Waals surface area contributed by atoms with Crippen molar-refractivity contribution in [2.45, 2.75) is 24.0 Å². The molecule has 2 aromatic rings. The van der Waals surface area contributed by atoms with Gasteiger partial charge in [-0.2, -0.15) is 0 Å². The second kappa shape index (κ2) is 5.83. The molecule has 1 spiro atoms. The van der Waals surface area contributed by atoms with Crippen molar-refractivity contribution in [1.29, 1.82) is 0 Å². The van der Waals surface area contributed by atoms with Gasteiger partial charge < -0.3 is 19.5 Å². The fraction of sp³-hybridized carbons (Fsp3) is 0.381. The number of benzene rings is 2. The molecule has 1 unspecified atom stereocenters. The average Bonchev–Trinajstić information content (AvgIpc) is 3.17. The monoisotopic (exact) mass is 351 g/mol. The van der Waals surface area contributed by atoms with E-state index in [-0.39, 0.29) is 17.6 Å². The van der Waals surface area contributed by atoms with Crippen LogP contribution in [0.3, 0.4) is 0 Å². The zero-order valence-corrected chi connectivity index (χ0v) is 14.4. The minimum atomic E-state index is -0.417. The van der Waals surface area contributed by atoms with Gasteiger partial charge in [0.25, 0.3) is 0 Å². The highest BCUT2D eigenvalue weighted by molar-refractivity contribution is 5.79. The van der Waals surface area contributed by atoms with Gasteiger partial charge in [0.2, 0.25) is 0 Å². The Morgan fingerprint density at radius 3 is 2.31 bits per heavy atom. The van der Waals surface area contributed by atoms with Crippen LogP contribution in [0, 0.1) is 0 Å². The van der Waals surface area contributed by atoms with E-state index in [4.69, 9.17) is 9.47 Å². The summed E-state index contributed by atoms with van der Waals surface area (Å²) in [5, 5.41) is 9.63. The Morgan fingerprint density at radius 1 is 1.12 bits per heavy atom. The van der Waals surface area contributed by atoms with E-state index < -0.39 is 6.10 Å². The lowest BCUT2D eigenvalue weighted by atomic mass is 9.91. The quantitative estimate of drug-likeness (QED) is 0.904. The van der Waals surface area contributed by atoms with E-state index in [9.17, 15) is 9.90 Å². The summed E-state index contributed by atoms with van der Waals surface area (Å²) in [4.78, 5) is 14.1. The smallest absolute Gasteiger partial charge is 0.409 e. The predicted molar refractivity (Wildman–Crippen MR) is 95.9 cm³/mol. The molecule has 1 aliphatic carbocycles. The van der Waals surface area contributed by atoms with Crippen molar-refractivity contribution in [2.75, 3.05) is 26.3 Å². The maximum Gasteiger partial charge on any atom is 0.409 e. The SMILES string of the molecule is O=C(OCC1c2ccccc2-c2ccccc21)N1CC2(CC(O)CO2)C1. The first-order chi connectivity index (χ1) is 12.7. The fourth-order valence-corrected chi connectivity index (χ4v) is 4.50. The summed E-state index contributed by atoms with van der Waals surface area (Å²) >= 11 is 0. The van der Waals surface area contributed by atoms with Crippen molar-refractivity contribution in [1.82, 2.24) is 4.90 Å². The van der Waals surface area contributed by atoms with Crippen LogP contribution in [0.1, 0.15) is 23.5 Å². The molecule has 1 atom stereocenters. The largest absolute Gasteiger partial charge is 0.448 e. The van der Waals surface area contributed by atoms with Crippen LogP contribution in [0.2, 0.25) is 0 Å². The number of fused-ring (bicyclic) bond motifs is 3. The molecule has 2 heterocycles. The molecule has 0 saturated carbocycles. The van der Waals surface area contributed by atoms with Crippen molar-refractivity contribution < 1.29 is 19.4 Å². The van der Waals surface area contributed by atoms with Crippen LogP contribution < -0.4 is 0 Å². The number of carbonyl (C=O) groups excluding carboxylic acids is 1. The third kappa shape index (κ3) is 2.42. The Balaban J connectivity index is 1.27. The number of hydrogen-bond acceptors (Lipinski definition) is 4. The summed E-state index contributed by atoms with van der Waals surface area (Å²) in [7, 11) is 0. The van der Waals surface area contributed by atoms with Gasteiger partial charge in [-0.05, 0) is 22.3 Å². The minimum Gasteiger partial charge on any atom is -0.448 e. The molecule has 26 heavy (non-hydrogen) atoms. The molecule has 0 aromatic heterocycles. The first-order valence-electron chi connectivity index (χ1n) is 9.07. The summed E-state index contributed by atoms with van der Waals surface area (Å²) in [6.07, 6.45) is -0.123. The molecule has 3 aliphatic rings. The van der Waals surface area contributed by atoms with Crippen molar-refractivity contribution in [3.63, 3.8) is 0 Å². The average molecular weight is 351 g/mol. The van der Waals surface area contributed by atoms with Gasteiger partial charge in [-0.3, -0.25) is 0 Å². The van der Waals surface area contributed by atoms with Gasteiger partial charge >= 0.3 is 6.09 Å². The lowest BCUT2D eigenvalue weighted by molar-refractivity contribution is -0.102. The number of likely N-dealkylation sites (tertiary alicyclic amines) is 1. The van der Waals surface area contributed by atoms with E-state index in [1.807, 2.05) is 24.3 Å². The molecule has 5 nitrogen and oxygen atoms in total. The highest BCUT2D eigenvalue weighted by Crippen LogP contribution is 2.44. The molecule has 0 radical (unpaired) electrons. The first kappa shape index (κ1) is 15.9. The van der Waals surface area contributed by atoms with Crippen LogP contribution >= 0.6 is 0 Å². The Hall–Kier alpha value is -2.37. The van der Waals surface area contributed by atoms with Gasteiger partial charge in [0.1, 0.15) is 12.2 Å². The molecular formula is C21H21NO4. The zero-order chi connectivity index (χ0) is 17.7. The summed E-state index contributed by atoms with van der Waals surface area (Å²) in [6.45, 7) is 1.69. The predicted octanol–water partition coefficient (Wildman–Crippen LogP) is 2.77. The topological polar surface area (TPSA) is 59.0 Å². The minimum absolute atomic E-state index is 0.0751. The zero-order valence-electron chi connectivity index (χ0n) is 14.4. The number of aliphatic hydroxyl groups is 1. The highest BCUT2D eigenvalue weighted by atomic mass is 16.6. The standard InChI is InChI=1S/C21H21NO4/c23-14-9-21(26-10-14)12-22(13-21)20(24)25-11-19-17-7-3-1-5-15(17)16-6-2-4-8-18(16)19/h1-8,14,19,23H,9-13H2. The van der Waals surface area contributed by atoms with E-state index in [2.05, 4.69) is 24.3 Å². The van der Waals surface area contributed by atoms with Crippen molar-refractivity contribution in [3.8, 4) is 11.1 Å². The molecule has 1 N–H and O–H groups in total. The Bertz CT molecular complexity index is 813. The summed E-state index contributed by atoms with van der Waals surface area (Å²) in [5.74, 6) is 0.0751. The van der Waals surface area contributed by atoms with Gasteiger partial charge in [0, 0.05) is 12.3 Å². The maximum absolute atomic E-state index is 12.4. The van der Waals surface area contributed by atoms with Crippen molar-refractivity contribution in [3.05, 3.63) is 59.7 Å². The molecule has 2 aliphatic heterocycles. The van der Waals surface area contributed by atoms with E-state index in [0.717, 1.165) is 0 Å². The molecule has 2 fully saturated rings. The Labute approximate surface area is 152 Å². The Kier molecular flexibility index (Phi) is 3.55. The van der Waals surface area contributed by atoms with Gasteiger partial charge in [0.05, 0.1) is 25.8 Å². The third-order valence-electron chi connectivity index (χ3n) is 5.74. The van der Waals surface area contributed by atoms with Crippen LogP contribution in [0.4, 0.5) is 4.79 Å². The van der Waals surface area contributed by atoms with Crippen LogP contribution in [-0.4, -0.2) is 54.1 Å². The molecule has 2 aromatic carbocycles. The van der Waals surface area contributed by atoms with Crippen LogP contribution in [0.5, 0.6) is 0 Å². The summed E-state index contributed by atoms with van der Waals surface area (Å²) in [6, 6.07) is 16.6. The van der Waals surface area contributed by atoms with Gasteiger partial charge in [-0.15, -0.1) is 0 Å². The Morgan fingerprint density at radius 2 is 1.73 bits per heavy atom. The summed E-state index contributed by atoms with van der Waals surface area (Å²) < 4.78 is 11.3. The second-order valence-corrected chi connectivity index (χ2v) is 7.51. The van der Waals surface area contributed by atoms with Crippen LogP contribution in [-0.2, 0) is 9.47 Å². The van der Waals surface area contributed by atoms with E-state index in [1.54, 1.807) is 4.90 Å². The molecule has 0 bridgehead atoms. The third-order valence-corrected chi connectivity index (χ3v) is 5.74. The van der Waals surface area contributed by atoms with E-state index >= 15 is 0 Å². The maximum atomic E-state index is 12.4. The van der Waals surface area contributed by atoms with Gasteiger partial charge in [-0.1, -0.05) is 48.5 Å². The number of hydrogen-bond donors (Lipinski definition) is 1. The fourth-order valence-electron chi connectivity index (χ4n) is 4.50. The molecule has 134 valence electrons. The highest BCUT2D eigenvalue weighted by Gasteiger charge is 2.51. The number of aliphatic hydroxyl groups excluding tert-OH is 1. The van der Waals surface area contributed by atoms with E-state index in [1.165, 1.54) is 22.3 Å². The molecule has 5 rings (SSSR count). The first-order valence-corrected chi connectivity index (χ1v) is 9.07. The number of carbonyl (C=O) groups is 1. The molecule has 5 heteroatoms. The molecule has 1 amide bonds. The lowest BCUT2D eigenvalue weighted by Crippen LogP contribution is -2.63. The van der Waals surface area contributed by atoms with Gasteiger partial charge in [-0.25, -0.2) is 4.79 Å². The van der Waals surface area contributed by atoms with Gasteiger partial charge in [0.15, 0.2) is 0 Å². The number of nitrogens with zero attached hydrogens (tertiary/aromatic N) is 1. The van der Waals surface area contributed by atoms with Crippen molar-refractivity contribution in [2.24, 2.45) is 0 Å². The van der Waals surface area contributed by atoms with E-state index in [0.29, 0.717) is 32.7 Å².